The lowest BCUT2D eigenvalue weighted by Gasteiger charge is -2.28. The van der Waals surface area contributed by atoms with Crippen LogP contribution in [-0.2, 0) is 13.6 Å². The lowest BCUT2D eigenvalue weighted by atomic mass is 10.1. The lowest BCUT2D eigenvalue weighted by molar-refractivity contribution is 0.194. The van der Waals surface area contributed by atoms with Gasteiger partial charge in [-0.3, -0.25) is 9.58 Å². The van der Waals surface area contributed by atoms with E-state index in [2.05, 4.69) is 35.4 Å². The third kappa shape index (κ3) is 3.54. The van der Waals surface area contributed by atoms with Crippen LogP contribution in [-0.4, -0.2) is 39.9 Å². The van der Waals surface area contributed by atoms with Crippen molar-refractivity contribution < 1.29 is 0 Å². The van der Waals surface area contributed by atoms with E-state index >= 15 is 0 Å². The van der Waals surface area contributed by atoms with Crippen molar-refractivity contribution in [3.8, 4) is 0 Å². The molecule has 0 aliphatic carbocycles. The van der Waals surface area contributed by atoms with Crippen molar-refractivity contribution in [2.75, 3.05) is 13.1 Å². The minimum Gasteiger partial charge on any atom is -0.313 e. The molecule has 4 heteroatoms. The van der Waals surface area contributed by atoms with Crippen LogP contribution < -0.4 is 5.32 Å². The molecule has 4 nitrogen and oxygen atoms in total. The zero-order valence-electron chi connectivity index (χ0n) is 11.2. The summed E-state index contributed by atoms with van der Waals surface area (Å²) in [4.78, 5) is 2.53. The van der Waals surface area contributed by atoms with Crippen molar-refractivity contribution in [3.63, 3.8) is 0 Å². The fourth-order valence-electron chi connectivity index (χ4n) is 2.44. The number of aromatic nitrogens is 2. The molecule has 1 aromatic rings. The Morgan fingerprint density at radius 1 is 1.59 bits per heavy atom. The number of hydrogen-bond donors (Lipinski definition) is 1. The molecule has 0 aromatic carbocycles. The zero-order valence-corrected chi connectivity index (χ0v) is 11.2. The molecule has 1 atom stereocenters. The van der Waals surface area contributed by atoms with Crippen molar-refractivity contribution in [1.29, 1.82) is 0 Å². The number of hydrogen-bond acceptors (Lipinski definition) is 3. The van der Waals surface area contributed by atoms with Gasteiger partial charge in [-0.2, -0.15) is 5.10 Å². The quantitative estimate of drug-likeness (QED) is 0.838. The molecule has 0 saturated carbocycles. The highest BCUT2D eigenvalue weighted by Crippen LogP contribution is 2.12. The lowest BCUT2D eigenvalue weighted by Crippen LogP contribution is -2.40. The normalized spacial score (nSPS) is 20.6. The SMILES string of the molecule is CC(C)N(Cc1cnn(C)c1)CC1CCCN1. The zero-order chi connectivity index (χ0) is 12.3. The van der Waals surface area contributed by atoms with Crippen LogP contribution in [0.15, 0.2) is 12.4 Å². The van der Waals surface area contributed by atoms with Gasteiger partial charge in [-0.05, 0) is 33.2 Å². The molecular formula is C13H24N4. The number of nitrogens with one attached hydrogen (secondary N) is 1. The van der Waals surface area contributed by atoms with Gasteiger partial charge in [0.2, 0.25) is 0 Å². The molecule has 1 aromatic heterocycles. The predicted molar refractivity (Wildman–Crippen MR) is 69.8 cm³/mol. The van der Waals surface area contributed by atoms with E-state index in [0.29, 0.717) is 12.1 Å². The van der Waals surface area contributed by atoms with Crippen molar-refractivity contribution >= 4 is 0 Å². The van der Waals surface area contributed by atoms with E-state index in [0.717, 1.165) is 13.1 Å². The van der Waals surface area contributed by atoms with Crippen molar-refractivity contribution in [1.82, 2.24) is 20.0 Å². The minimum atomic E-state index is 0.581. The average Bonchev–Trinajstić information content (AvgIpc) is 2.89. The Labute approximate surface area is 104 Å². The van der Waals surface area contributed by atoms with Crippen molar-refractivity contribution in [2.45, 2.75) is 45.3 Å². The molecule has 96 valence electrons. The van der Waals surface area contributed by atoms with Gasteiger partial charge in [0, 0.05) is 44.0 Å². The first-order chi connectivity index (χ1) is 8.15. The van der Waals surface area contributed by atoms with Gasteiger partial charge in [0.05, 0.1) is 6.20 Å². The molecular weight excluding hydrogens is 212 g/mol. The number of nitrogens with zero attached hydrogens (tertiary/aromatic N) is 3. The van der Waals surface area contributed by atoms with E-state index in [1.807, 2.05) is 17.9 Å². The third-order valence-corrected chi connectivity index (χ3v) is 3.49. The number of rotatable bonds is 5. The molecule has 1 saturated heterocycles. The standard InChI is InChI=1S/C13H24N4/c1-11(2)17(10-13-5-4-6-14-13)9-12-7-15-16(3)8-12/h7-8,11,13-14H,4-6,9-10H2,1-3H3. The molecule has 2 rings (SSSR count). The maximum Gasteiger partial charge on any atom is 0.0534 e. The molecule has 0 amide bonds. The largest absolute Gasteiger partial charge is 0.313 e. The van der Waals surface area contributed by atoms with Crippen molar-refractivity contribution in [2.24, 2.45) is 7.05 Å². The van der Waals surface area contributed by atoms with Gasteiger partial charge in [-0.1, -0.05) is 0 Å². The van der Waals surface area contributed by atoms with Crippen molar-refractivity contribution in [3.05, 3.63) is 18.0 Å². The van der Waals surface area contributed by atoms with Gasteiger partial charge in [0.1, 0.15) is 0 Å². The van der Waals surface area contributed by atoms with Gasteiger partial charge in [-0.25, -0.2) is 0 Å². The summed E-state index contributed by atoms with van der Waals surface area (Å²) >= 11 is 0. The van der Waals surface area contributed by atoms with Crippen LogP contribution in [0.3, 0.4) is 0 Å². The Morgan fingerprint density at radius 2 is 2.41 bits per heavy atom. The van der Waals surface area contributed by atoms with E-state index in [4.69, 9.17) is 0 Å². The molecule has 1 aliphatic rings. The van der Waals surface area contributed by atoms with Gasteiger partial charge >= 0.3 is 0 Å². The molecule has 0 spiro atoms. The first kappa shape index (κ1) is 12.6. The Hall–Kier alpha value is -0.870. The highest BCUT2D eigenvalue weighted by molar-refractivity contribution is 5.03. The molecule has 0 bridgehead atoms. The summed E-state index contributed by atoms with van der Waals surface area (Å²) in [6, 6.07) is 1.26. The Balaban J connectivity index is 1.92. The Kier molecular flexibility index (Phi) is 4.18. The fraction of sp³-hybridized carbons (Fsp3) is 0.769. The maximum absolute atomic E-state index is 4.24. The van der Waals surface area contributed by atoms with E-state index in [1.165, 1.54) is 24.9 Å². The molecule has 1 aliphatic heterocycles. The summed E-state index contributed by atoms with van der Waals surface area (Å²) in [6.07, 6.45) is 6.72. The second-order valence-electron chi connectivity index (χ2n) is 5.34. The van der Waals surface area contributed by atoms with Crippen LogP contribution in [0.2, 0.25) is 0 Å². The predicted octanol–water partition coefficient (Wildman–Crippen LogP) is 1.38. The second-order valence-corrected chi connectivity index (χ2v) is 5.34. The maximum atomic E-state index is 4.24. The minimum absolute atomic E-state index is 0.581. The smallest absolute Gasteiger partial charge is 0.0534 e. The monoisotopic (exact) mass is 236 g/mol. The highest BCUT2D eigenvalue weighted by atomic mass is 15.2. The van der Waals surface area contributed by atoms with Gasteiger partial charge < -0.3 is 5.32 Å². The molecule has 2 heterocycles. The molecule has 1 unspecified atom stereocenters. The summed E-state index contributed by atoms with van der Waals surface area (Å²) in [6.45, 7) is 7.87. The second kappa shape index (κ2) is 5.65. The van der Waals surface area contributed by atoms with Crippen LogP contribution in [0.5, 0.6) is 0 Å². The van der Waals surface area contributed by atoms with Crippen LogP contribution >= 0.6 is 0 Å². The topological polar surface area (TPSA) is 33.1 Å². The third-order valence-electron chi connectivity index (χ3n) is 3.49. The fourth-order valence-corrected chi connectivity index (χ4v) is 2.44. The first-order valence-corrected chi connectivity index (χ1v) is 6.60. The summed E-state index contributed by atoms with van der Waals surface area (Å²) in [5, 5.41) is 7.81. The highest BCUT2D eigenvalue weighted by Gasteiger charge is 2.19. The average molecular weight is 236 g/mol. The van der Waals surface area contributed by atoms with Crippen LogP contribution in [0.4, 0.5) is 0 Å². The summed E-state index contributed by atoms with van der Waals surface area (Å²) < 4.78 is 1.88. The molecule has 1 N–H and O–H groups in total. The molecule has 1 fully saturated rings. The van der Waals surface area contributed by atoms with Crippen LogP contribution in [0, 0.1) is 0 Å². The van der Waals surface area contributed by atoms with Gasteiger partial charge in [0.15, 0.2) is 0 Å². The molecule has 17 heavy (non-hydrogen) atoms. The Bertz CT molecular complexity index is 339. The van der Waals surface area contributed by atoms with Gasteiger partial charge in [0.25, 0.3) is 0 Å². The number of aryl methyl sites for hydroxylation is 1. The van der Waals surface area contributed by atoms with E-state index in [-0.39, 0.29) is 0 Å². The van der Waals surface area contributed by atoms with E-state index < -0.39 is 0 Å². The summed E-state index contributed by atoms with van der Waals surface area (Å²) in [5.74, 6) is 0. The Morgan fingerprint density at radius 3 is 2.94 bits per heavy atom. The summed E-state index contributed by atoms with van der Waals surface area (Å²) in [5.41, 5.74) is 1.30. The van der Waals surface area contributed by atoms with Crippen LogP contribution in [0.25, 0.3) is 0 Å². The van der Waals surface area contributed by atoms with E-state index in [9.17, 15) is 0 Å². The summed E-state index contributed by atoms with van der Waals surface area (Å²) in [7, 11) is 1.97. The molecule has 0 radical (unpaired) electrons. The van der Waals surface area contributed by atoms with Gasteiger partial charge in [-0.15, -0.1) is 0 Å². The first-order valence-electron chi connectivity index (χ1n) is 6.60. The van der Waals surface area contributed by atoms with Crippen LogP contribution in [0.1, 0.15) is 32.3 Å². The van der Waals surface area contributed by atoms with E-state index in [1.54, 1.807) is 0 Å².